The first kappa shape index (κ1) is 30.9. The van der Waals surface area contributed by atoms with E-state index in [9.17, 15) is 13.6 Å². The van der Waals surface area contributed by atoms with Crippen molar-refractivity contribution >= 4 is 18.3 Å². The molecule has 0 heterocycles. The zero-order chi connectivity index (χ0) is 26.9. The molecular formula is C29H35ClF2N2O4. The second-order valence-corrected chi connectivity index (χ2v) is 8.95. The van der Waals surface area contributed by atoms with E-state index < -0.39 is 0 Å². The van der Waals surface area contributed by atoms with E-state index in [2.05, 4.69) is 4.90 Å². The van der Waals surface area contributed by atoms with Crippen LogP contribution in [0.25, 0.3) is 0 Å². The Labute approximate surface area is 229 Å². The lowest BCUT2D eigenvalue weighted by Crippen LogP contribution is -2.35. The summed E-state index contributed by atoms with van der Waals surface area (Å²) in [4.78, 5) is 16.9. The Kier molecular flexibility index (Phi) is 11.8. The molecule has 38 heavy (non-hydrogen) atoms. The van der Waals surface area contributed by atoms with E-state index in [1.54, 1.807) is 57.5 Å². The average Bonchev–Trinajstić information content (AvgIpc) is 2.90. The van der Waals surface area contributed by atoms with Crippen molar-refractivity contribution in [1.29, 1.82) is 0 Å². The molecule has 0 radical (unpaired) electrons. The van der Waals surface area contributed by atoms with Crippen molar-refractivity contribution in [2.45, 2.75) is 18.9 Å². The number of methoxy groups -OCH3 is 3. The summed E-state index contributed by atoms with van der Waals surface area (Å²) in [6, 6.07) is 16.0. The van der Waals surface area contributed by atoms with Gasteiger partial charge in [-0.1, -0.05) is 24.3 Å². The molecule has 0 aliphatic rings. The number of likely N-dealkylation sites (N-methyl/N-ethyl adjacent to an activating group) is 2. The van der Waals surface area contributed by atoms with Crippen LogP contribution < -0.4 is 14.2 Å². The Morgan fingerprint density at radius 1 is 0.789 bits per heavy atom. The van der Waals surface area contributed by atoms with E-state index in [1.807, 2.05) is 19.2 Å². The molecule has 0 spiro atoms. The van der Waals surface area contributed by atoms with E-state index in [1.165, 1.54) is 24.3 Å². The lowest BCUT2D eigenvalue weighted by molar-refractivity contribution is -0.130. The van der Waals surface area contributed by atoms with Gasteiger partial charge < -0.3 is 24.0 Å². The van der Waals surface area contributed by atoms with Gasteiger partial charge in [0.25, 0.3) is 0 Å². The first-order valence-electron chi connectivity index (χ1n) is 12.0. The van der Waals surface area contributed by atoms with Gasteiger partial charge >= 0.3 is 0 Å². The van der Waals surface area contributed by atoms with Gasteiger partial charge in [0.2, 0.25) is 11.7 Å². The van der Waals surface area contributed by atoms with E-state index in [4.69, 9.17) is 14.2 Å². The number of amides is 1. The zero-order valence-electron chi connectivity index (χ0n) is 22.4. The molecule has 6 nitrogen and oxygen atoms in total. The summed E-state index contributed by atoms with van der Waals surface area (Å²) in [7, 11) is 8.46. The number of nitrogens with zero attached hydrogens (tertiary/aromatic N) is 2. The van der Waals surface area contributed by atoms with E-state index in [-0.39, 0.29) is 42.3 Å². The predicted octanol–water partition coefficient (Wildman–Crippen LogP) is 5.52. The maximum atomic E-state index is 13.5. The second-order valence-electron chi connectivity index (χ2n) is 8.95. The highest BCUT2D eigenvalue weighted by Crippen LogP contribution is 2.38. The van der Waals surface area contributed by atoms with Crippen LogP contribution >= 0.6 is 12.4 Å². The minimum atomic E-state index is -0.347. The van der Waals surface area contributed by atoms with Gasteiger partial charge in [-0.05, 0) is 60.1 Å². The molecule has 3 aromatic carbocycles. The fraction of sp³-hybridized carbons (Fsp3) is 0.345. The lowest BCUT2D eigenvalue weighted by atomic mass is 9.88. The predicted molar refractivity (Wildman–Crippen MR) is 147 cm³/mol. The average molecular weight is 549 g/mol. The molecule has 1 amide bonds. The number of carbonyl (C=O) groups is 1. The van der Waals surface area contributed by atoms with Crippen LogP contribution in [0.4, 0.5) is 8.78 Å². The first-order valence-corrected chi connectivity index (χ1v) is 12.0. The van der Waals surface area contributed by atoms with Crippen LogP contribution in [-0.4, -0.2) is 64.2 Å². The fourth-order valence-corrected chi connectivity index (χ4v) is 4.21. The molecule has 3 aromatic rings. The van der Waals surface area contributed by atoms with Crippen LogP contribution in [0.1, 0.15) is 29.0 Å². The van der Waals surface area contributed by atoms with Gasteiger partial charge in [-0.3, -0.25) is 4.79 Å². The number of hydrogen-bond acceptors (Lipinski definition) is 5. The first-order chi connectivity index (χ1) is 17.7. The van der Waals surface area contributed by atoms with Crippen molar-refractivity contribution in [3.05, 3.63) is 89.0 Å². The van der Waals surface area contributed by atoms with Crippen molar-refractivity contribution in [1.82, 2.24) is 9.80 Å². The Bertz CT molecular complexity index is 1110. The van der Waals surface area contributed by atoms with Crippen molar-refractivity contribution in [2.75, 3.05) is 48.5 Å². The highest BCUT2D eigenvalue weighted by atomic mass is 35.5. The van der Waals surface area contributed by atoms with Gasteiger partial charge in [-0.25, -0.2) is 8.78 Å². The molecule has 0 unspecified atom stereocenters. The third kappa shape index (κ3) is 8.07. The summed E-state index contributed by atoms with van der Waals surface area (Å²) >= 11 is 0. The Hall–Kier alpha value is -3.36. The number of benzene rings is 3. The molecular weight excluding hydrogens is 514 g/mol. The molecule has 0 saturated heterocycles. The van der Waals surface area contributed by atoms with Crippen molar-refractivity contribution in [2.24, 2.45) is 0 Å². The molecule has 9 heteroatoms. The Morgan fingerprint density at radius 3 is 1.68 bits per heavy atom. The smallest absolute Gasteiger partial charge is 0.223 e. The van der Waals surface area contributed by atoms with Gasteiger partial charge in [0, 0.05) is 39.0 Å². The third-order valence-corrected chi connectivity index (χ3v) is 6.34. The summed E-state index contributed by atoms with van der Waals surface area (Å²) in [5.41, 5.74) is 2.59. The Morgan fingerprint density at radius 2 is 1.26 bits per heavy atom. The highest BCUT2D eigenvalue weighted by molar-refractivity contribution is 5.85. The molecule has 0 aliphatic carbocycles. The van der Waals surface area contributed by atoms with Gasteiger partial charge in [-0.15, -0.1) is 12.4 Å². The molecule has 0 atom stereocenters. The summed E-state index contributed by atoms with van der Waals surface area (Å²) < 4.78 is 43.3. The number of hydrogen-bond donors (Lipinski definition) is 0. The molecule has 0 fully saturated rings. The van der Waals surface area contributed by atoms with Crippen molar-refractivity contribution < 1.29 is 27.8 Å². The van der Waals surface area contributed by atoms with E-state index in [0.717, 1.165) is 16.7 Å². The third-order valence-electron chi connectivity index (χ3n) is 6.34. The van der Waals surface area contributed by atoms with Gasteiger partial charge in [0.15, 0.2) is 11.5 Å². The van der Waals surface area contributed by atoms with Crippen LogP contribution in [0, 0.1) is 11.6 Å². The second kappa shape index (κ2) is 14.5. The standard InChI is InChI=1S/C29H34F2N2O4.ClH/c1-32(19-20-16-26(35-3)29(37-5)27(17-20)36-4)14-15-33(2)28(34)18-25(21-6-10-23(30)11-7-21)22-8-12-24(31)13-9-22;/h6-13,16-17,25H,14-15,18-19H2,1-5H3;1H. The van der Waals surface area contributed by atoms with Crippen LogP contribution in [0.2, 0.25) is 0 Å². The van der Waals surface area contributed by atoms with Gasteiger partial charge in [0.05, 0.1) is 21.3 Å². The quantitative estimate of drug-likeness (QED) is 0.298. The maximum absolute atomic E-state index is 13.5. The number of ether oxygens (including phenoxy) is 3. The number of halogens is 3. The highest BCUT2D eigenvalue weighted by Gasteiger charge is 2.21. The normalized spacial score (nSPS) is 10.8. The van der Waals surface area contributed by atoms with E-state index >= 15 is 0 Å². The van der Waals surface area contributed by atoms with Crippen LogP contribution in [0.3, 0.4) is 0 Å². The molecule has 0 bridgehead atoms. The molecule has 0 saturated carbocycles. The molecule has 3 rings (SSSR count). The minimum Gasteiger partial charge on any atom is -0.493 e. The van der Waals surface area contributed by atoms with Crippen LogP contribution in [0.15, 0.2) is 60.7 Å². The molecule has 0 N–H and O–H groups in total. The summed E-state index contributed by atoms with van der Waals surface area (Å²) in [5, 5.41) is 0. The van der Waals surface area contributed by atoms with Gasteiger partial charge in [0.1, 0.15) is 11.6 Å². The maximum Gasteiger partial charge on any atom is 0.223 e. The fourth-order valence-electron chi connectivity index (χ4n) is 4.21. The summed E-state index contributed by atoms with van der Waals surface area (Å²) in [5.74, 6) is 0.655. The molecule has 0 aliphatic heterocycles. The number of carbonyl (C=O) groups excluding carboxylic acids is 1. The van der Waals surface area contributed by atoms with Gasteiger partial charge in [-0.2, -0.15) is 0 Å². The largest absolute Gasteiger partial charge is 0.493 e. The van der Waals surface area contributed by atoms with Crippen LogP contribution in [0.5, 0.6) is 17.2 Å². The monoisotopic (exact) mass is 548 g/mol. The Balaban J connectivity index is 0.00000507. The zero-order valence-corrected chi connectivity index (χ0v) is 23.2. The van der Waals surface area contributed by atoms with Crippen LogP contribution in [-0.2, 0) is 11.3 Å². The lowest BCUT2D eigenvalue weighted by Gasteiger charge is -2.25. The van der Waals surface area contributed by atoms with E-state index in [0.29, 0.717) is 36.9 Å². The topological polar surface area (TPSA) is 51.2 Å². The summed E-state index contributed by atoms with van der Waals surface area (Å²) in [6.07, 6.45) is 0.185. The summed E-state index contributed by atoms with van der Waals surface area (Å²) in [6.45, 7) is 1.77. The molecule has 0 aromatic heterocycles. The number of rotatable bonds is 12. The van der Waals surface area contributed by atoms with Crippen molar-refractivity contribution in [3.8, 4) is 17.2 Å². The molecule has 206 valence electrons. The minimum absolute atomic E-state index is 0. The van der Waals surface area contributed by atoms with Crippen molar-refractivity contribution in [3.63, 3.8) is 0 Å². The SMILES string of the molecule is COc1cc(CN(C)CCN(C)C(=O)CC(c2ccc(F)cc2)c2ccc(F)cc2)cc(OC)c1OC.Cl.